The quantitative estimate of drug-likeness (QED) is 0.793. The fourth-order valence-electron chi connectivity index (χ4n) is 2.82. The van der Waals surface area contributed by atoms with Crippen molar-refractivity contribution < 1.29 is 14.0 Å². The first-order valence-electron chi connectivity index (χ1n) is 8.22. The van der Waals surface area contributed by atoms with Crippen LogP contribution in [0.15, 0.2) is 18.2 Å². The van der Waals surface area contributed by atoms with Crippen LogP contribution in [0.2, 0.25) is 5.02 Å². The lowest BCUT2D eigenvalue weighted by Crippen LogP contribution is -2.41. The molecule has 2 saturated heterocycles. The van der Waals surface area contributed by atoms with Gasteiger partial charge in [0.25, 0.3) is 0 Å². The van der Waals surface area contributed by atoms with Crippen molar-refractivity contribution in [2.45, 2.75) is 45.4 Å². The summed E-state index contributed by atoms with van der Waals surface area (Å²) >= 11 is 6.50. The van der Waals surface area contributed by atoms with Crippen LogP contribution in [0, 0.1) is 0 Å². The number of rotatable bonds is 3. The highest BCUT2D eigenvalue weighted by Gasteiger charge is 2.51. The van der Waals surface area contributed by atoms with E-state index >= 15 is 0 Å². The summed E-state index contributed by atoms with van der Waals surface area (Å²) in [5, 5.41) is 0.767. The summed E-state index contributed by atoms with van der Waals surface area (Å²) in [6.07, 6.45) is 0. The van der Waals surface area contributed by atoms with Gasteiger partial charge in [-0.1, -0.05) is 23.7 Å². The van der Waals surface area contributed by atoms with E-state index in [1.54, 1.807) is 0 Å². The van der Waals surface area contributed by atoms with Crippen molar-refractivity contribution in [3.05, 3.63) is 28.8 Å². The Balaban J connectivity index is 1.72. The molecule has 0 saturated carbocycles. The van der Waals surface area contributed by atoms with Crippen LogP contribution in [0.3, 0.4) is 0 Å². The van der Waals surface area contributed by atoms with Crippen LogP contribution in [0.4, 0.5) is 0 Å². The van der Waals surface area contributed by atoms with E-state index in [0.29, 0.717) is 0 Å². The number of morpholine rings is 1. The van der Waals surface area contributed by atoms with Gasteiger partial charge in [0.15, 0.2) is 0 Å². The normalized spacial score (nSPS) is 24.1. The first kappa shape index (κ1) is 17.2. The third-order valence-electron chi connectivity index (χ3n) is 5.10. The van der Waals surface area contributed by atoms with E-state index in [0.717, 1.165) is 48.9 Å². The molecule has 0 radical (unpaired) electrons. The zero-order valence-corrected chi connectivity index (χ0v) is 15.2. The molecule has 4 nitrogen and oxygen atoms in total. The average Bonchev–Trinajstić information content (AvgIpc) is 2.71. The topological polar surface area (TPSA) is 30.9 Å². The van der Waals surface area contributed by atoms with E-state index in [1.165, 1.54) is 0 Å². The van der Waals surface area contributed by atoms with Gasteiger partial charge >= 0.3 is 7.12 Å². The summed E-state index contributed by atoms with van der Waals surface area (Å²) in [6.45, 7) is 12.6. The van der Waals surface area contributed by atoms with Gasteiger partial charge in [-0.15, -0.1) is 0 Å². The van der Waals surface area contributed by atoms with Crippen LogP contribution in [0.1, 0.15) is 33.3 Å². The Bertz CT molecular complexity index is 557. The van der Waals surface area contributed by atoms with Crippen LogP contribution in [0.5, 0.6) is 0 Å². The lowest BCUT2D eigenvalue weighted by atomic mass is 9.79. The van der Waals surface area contributed by atoms with Crippen LogP contribution >= 0.6 is 11.6 Å². The summed E-state index contributed by atoms with van der Waals surface area (Å²) in [5.74, 6) is 0. The zero-order chi connectivity index (χ0) is 16.7. The fourth-order valence-corrected chi connectivity index (χ4v) is 3.07. The number of ether oxygens (including phenoxy) is 1. The number of benzene rings is 1. The van der Waals surface area contributed by atoms with Crippen molar-refractivity contribution in [3.8, 4) is 0 Å². The Labute approximate surface area is 144 Å². The third kappa shape index (κ3) is 3.59. The molecule has 1 aromatic carbocycles. The van der Waals surface area contributed by atoms with Crippen molar-refractivity contribution in [2.24, 2.45) is 0 Å². The molecule has 2 fully saturated rings. The maximum absolute atomic E-state index is 6.50. The zero-order valence-electron chi connectivity index (χ0n) is 14.4. The summed E-state index contributed by atoms with van der Waals surface area (Å²) in [6, 6.07) is 6.11. The van der Waals surface area contributed by atoms with E-state index in [1.807, 2.05) is 6.07 Å². The number of halogens is 1. The Hall–Kier alpha value is -0.585. The minimum atomic E-state index is -0.366. The Morgan fingerprint density at radius 3 is 2.26 bits per heavy atom. The highest BCUT2D eigenvalue weighted by Crippen LogP contribution is 2.36. The molecule has 23 heavy (non-hydrogen) atoms. The van der Waals surface area contributed by atoms with Gasteiger partial charge in [-0.3, -0.25) is 4.90 Å². The van der Waals surface area contributed by atoms with Crippen LogP contribution in [-0.2, 0) is 20.6 Å². The van der Waals surface area contributed by atoms with E-state index in [4.69, 9.17) is 25.6 Å². The smallest absolute Gasteiger partial charge is 0.399 e. The molecule has 0 amide bonds. The van der Waals surface area contributed by atoms with Gasteiger partial charge in [0.2, 0.25) is 0 Å². The van der Waals surface area contributed by atoms with Crippen molar-refractivity contribution >= 4 is 24.2 Å². The molecule has 3 rings (SSSR count). The van der Waals surface area contributed by atoms with E-state index < -0.39 is 0 Å². The van der Waals surface area contributed by atoms with Gasteiger partial charge in [-0.2, -0.15) is 0 Å². The summed E-state index contributed by atoms with van der Waals surface area (Å²) < 4.78 is 17.6. The third-order valence-corrected chi connectivity index (χ3v) is 5.45. The molecular weight excluding hydrogens is 312 g/mol. The molecule has 1 aromatic rings. The Morgan fingerprint density at radius 1 is 1.09 bits per heavy atom. The largest absolute Gasteiger partial charge is 0.494 e. The molecule has 0 aromatic heterocycles. The van der Waals surface area contributed by atoms with Gasteiger partial charge < -0.3 is 14.0 Å². The lowest BCUT2D eigenvalue weighted by molar-refractivity contribution is 0.00578. The standard InChI is InChI=1S/C17H25BClNO3/c1-16(2)17(3,4)23-18(22-16)14-6-5-13(15(19)11-14)12-20-7-9-21-10-8-20/h5-6,11H,7-10,12H2,1-4H3. The molecule has 2 aliphatic rings. The van der Waals surface area contributed by atoms with E-state index in [2.05, 4.69) is 44.7 Å². The second-order valence-electron chi connectivity index (χ2n) is 7.33. The minimum absolute atomic E-state index is 0.337. The van der Waals surface area contributed by atoms with Crippen LogP contribution in [-0.4, -0.2) is 49.5 Å². The first-order valence-corrected chi connectivity index (χ1v) is 8.60. The second kappa shape index (κ2) is 6.38. The van der Waals surface area contributed by atoms with Gasteiger partial charge in [-0.05, 0) is 44.8 Å². The van der Waals surface area contributed by atoms with Gasteiger partial charge in [0.1, 0.15) is 0 Å². The van der Waals surface area contributed by atoms with Crippen molar-refractivity contribution in [3.63, 3.8) is 0 Å². The van der Waals surface area contributed by atoms with Gasteiger partial charge in [0, 0.05) is 24.7 Å². The minimum Gasteiger partial charge on any atom is -0.399 e. The summed E-state index contributed by atoms with van der Waals surface area (Å²) in [7, 11) is -0.366. The molecule has 0 spiro atoms. The first-order chi connectivity index (χ1) is 10.8. The van der Waals surface area contributed by atoms with E-state index in [9.17, 15) is 0 Å². The fraction of sp³-hybridized carbons (Fsp3) is 0.647. The molecule has 0 atom stereocenters. The maximum Gasteiger partial charge on any atom is 0.494 e. The molecule has 126 valence electrons. The van der Waals surface area contributed by atoms with Crippen LogP contribution in [0.25, 0.3) is 0 Å². The number of hydrogen-bond acceptors (Lipinski definition) is 4. The average molecular weight is 338 g/mol. The Morgan fingerprint density at radius 2 is 1.70 bits per heavy atom. The molecule has 0 N–H and O–H groups in total. The molecule has 0 aliphatic carbocycles. The van der Waals surface area contributed by atoms with Gasteiger partial charge in [-0.25, -0.2) is 0 Å². The molecular formula is C17H25BClNO3. The molecule has 0 bridgehead atoms. The highest BCUT2D eigenvalue weighted by atomic mass is 35.5. The molecule has 2 aliphatic heterocycles. The Kier molecular flexibility index (Phi) is 4.78. The van der Waals surface area contributed by atoms with Crippen molar-refractivity contribution in [1.82, 2.24) is 4.90 Å². The summed E-state index contributed by atoms with van der Waals surface area (Å²) in [4.78, 5) is 2.36. The molecule has 6 heteroatoms. The predicted molar refractivity (Wildman–Crippen MR) is 93.3 cm³/mol. The number of hydrogen-bond donors (Lipinski definition) is 0. The highest BCUT2D eigenvalue weighted by molar-refractivity contribution is 6.62. The maximum atomic E-state index is 6.50. The van der Waals surface area contributed by atoms with Crippen molar-refractivity contribution in [1.29, 1.82) is 0 Å². The van der Waals surface area contributed by atoms with Crippen molar-refractivity contribution in [2.75, 3.05) is 26.3 Å². The second-order valence-corrected chi connectivity index (χ2v) is 7.73. The van der Waals surface area contributed by atoms with E-state index in [-0.39, 0.29) is 18.3 Å². The lowest BCUT2D eigenvalue weighted by Gasteiger charge is -2.32. The van der Waals surface area contributed by atoms with Crippen LogP contribution < -0.4 is 5.46 Å². The van der Waals surface area contributed by atoms with Gasteiger partial charge in [0.05, 0.1) is 24.4 Å². The molecule has 2 heterocycles. The SMILES string of the molecule is CC1(C)OB(c2ccc(CN3CCOCC3)c(Cl)c2)OC1(C)C. The number of nitrogens with zero attached hydrogens (tertiary/aromatic N) is 1. The molecule has 0 unspecified atom stereocenters. The predicted octanol–water partition coefficient (Wildman–Crippen LogP) is 2.47. The monoisotopic (exact) mass is 337 g/mol. The summed E-state index contributed by atoms with van der Waals surface area (Å²) in [5.41, 5.74) is 1.43.